The molecule has 584 valence electrons. The normalized spacial score (nSPS) is 14.2. The summed E-state index contributed by atoms with van der Waals surface area (Å²) in [7, 11) is -9.95. The second-order valence-corrected chi connectivity index (χ2v) is 30.3. The lowest BCUT2D eigenvalue weighted by molar-refractivity contribution is -0.161. The van der Waals surface area contributed by atoms with E-state index in [0.29, 0.717) is 32.1 Å². The maximum absolute atomic E-state index is 13.1. The van der Waals surface area contributed by atoms with Crippen LogP contribution in [0.4, 0.5) is 0 Å². The lowest BCUT2D eigenvalue weighted by Crippen LogP contribution is -2.30. The summed E-state index contributed by atoms with van der Waals surface area (Å²) in [5.41, 5.74) is 0. The van der Waals surface area contributed by atoms with Crippen molar-refractivity contribution >= 4 is 39.5 Å². The Morgan fingerprint density at radius 2 is 0.510 bits per heavy atom. The second kappa shape index (κ2) is 74.0. The van der Waals surface area contributed by atoms with Gasteiger partial charge in [-0.2, -0.15) is 0 Å². The van der Waals surface area contributed by atoms with Crippen molar-refractivity contribution in [2.45, 2.75) is 393 Å². The second-order valence-electron chi connectivity index (χ2n) is 27.4. The number of carbonyl (C=O) groups excluding carboxylic acids is 4. The molecule has 0 rings (SSSR count). The maximum atomic E-state index is 13.1. The van der Waals surface area contributed by atoms with Crippen LogP contribution < -0.4 is 0 Å². The number of aliphatic hydroxyl groups excluding tert-OH is 1. The molecule has 17 nitrogen and oxygen atoms in total. The van der Waals surface area contributed by atoms with Gasteiger partial charge in [-0.3, -0.25) is 37.3 Å². The number of aliphatic hydroxyl groups is 1. The molecule has 0 saturated carbocycles. The number of esters is 4. The van der Waals surface area contributed by atoms with Crippen LogP contribution in [0.3, 0.4) is 0 Å². The van der Waals surface area contributed by atoms with E-state index in [2.05, 4.69) is 76.3 Å². The van der Waals surface area contributed by atoms with Crippen LogP contribution >= 0.6 is 15.6 Å². The number of rotatable bonds is 77. The first-order valence-electron chi connectivity index (χ1n) is 40.5. The Hall–Kier alpha value is -3.24. The molecule has 19 heteroatoms. The Balaban J connectivity index is 5.35. The van der Waals surface area contributed by atoms with Crippen molar-refractivity contribution < 1.29 is 80.2 Å². The summed E-state index contributed by atoms with van der Waals surface area (Å²) in [6, 6.07) is 0. The highest BCUT2D eigenvalue weighted by atomic mass is 31.2. The summed E-state index contributed by atoms with van der Waals surface area (Å²) in [4.78, 5) is 72.9. The first-order valence-corrected chi connectivity index (χ1v) is 43.5. The quantitative estimate of drug-likeness (QED) is 0.0169. The topological polar surface area (TPSA) is 237 Å². The molecule has 0 spiro atoms. The zero-order chi connectivity index (χ0) is 73.2. The van der Waals surface area contributed by atoms with Gasteiger partial charge < -0.3 is 33.8 Å². The van der Waals surface area contributed by atoms with Crippen molar-refractivity contribution in [2.24, 2.45) is 0 Å². The van der Waals surface area contributed by atoms with E-state index in [-0.39, 0.29) is 25.7 Å². The molecule has 0 fully saturated rings. The average Bonchev–Trinajstić information content (AvgIpc) is 0.935. The molecule has 0 aromatic carbocycles. The Bertz CT molecular complexity index is 2130. The lowest BCUT2D eigenvalue weighted by Gasteiger charge is -2.21. The van der Waals surface area contributed by atoms with Crippen molar-refractivity contribution in [2.75, 3.05) is 39.6 Å². The predicted octanol–water partition coefficient (Wildman–Crippen LogP) is 23.5. The van der Waals surface area contributed by atoms with E-state index in [4.69, 9.17) is 37.0 Å². The summed E-state index contributed by atoms with van der Waals surface area (Å²) < 4.78 is 68.5. The van der Waals surface area contributed by atoms with Gasteiger partial charge in [0.2, 0.25) is 0 Å². The Morgan fingerprint density at radius 1 is 0.280 bits per heavy atom. The summed E-state index contributed by atoms with van der Waals surface area (Å²) >= 11 is 0. The van der Waals surface area contributed by atoms with E-state index in [0.717, 1.165) is 96.3 Å². The fourth-order valence-electron chi connectivity index (χ4n) is 11.3. The van der Waals surface area contributed by atoms with Crippen LogP contribution in [-0.2, 0) is 65.4 Å². The number of unbranched alkanes of at least 4 members (excludes halogenated alkanes) is 41. The predicted molar refractivity (Wildman–Crippen MR) is 409 cm³/mol. The molecular formula is C81H148O17P2. The van der Waals surface area contributed by atoms with Gasteiger partial charge in [-0.25, -0.2) is 9.13 Å². The molecule has 0 amide bonds. The largest absolute Gasteiger partial charge is 0.472 e. The number of phosphoric ester groups is 2. The number of hydrogen-bond acceptors (Lipinski definition) is 15. The zero-order valence-electron chi connectivity index (χ0n) is 63.9. The maximum Gasteiger partial charge on any atom is 0.472 e. The summed E-state index contributed by atoms with van der Waals surface area (Å²) in [5.74, 6) is -2.23. The zero-order valence-corrected chi connectivity index (χ0v) is 65.7. The third-order valence-corrected chi connectivity index (χ3v) is 19.4. The minimum atomic E-state index is -4.98. The fourth-order valence-corrected chi connectivity index (χ4v) is 12.9. The van der Waals surface area contributed by atoms with E-state index in [1.165, 1.54) is 193 Å². The third-order valence-electron chi connectivity index (χ3n) is 17.5. The number of hydrogen-bond donors (Lipinski definition) is 3. The van der Waals surface area contributed by atoms with Crippen LogP contribution in [0.25, 0.3) is 0 Å². The average molecular weight is 1460 g/mol. The summed E-state index contributed by atoms with van der Waals surface area (Å²) in [5, 5.41) is 10.6. The van der Waals surface area contributed by atoms with E-state index < -0.39 is 97.5 Å². The minimum Gasteiger partial charge on any atom is -0.462 e. The third kappa shape index (κ3) is 73.1. The number of phosphoric acid groups is 2. The van der Waals surface area contributed by atoms with Crippen molar-refractivity contribution in [3.05, 3.63) is 60.8 Å². The first-order chi connectivity index (χ1) is 48.7. The lowest BCUT2D eigenvalue weighted by atomic mass is 10.0. The van der Waals surface area contributed by atoms with Gasteiger partial charge in [0.1, 0.15) is 19.3 Å². The van der Waals surface area contributed by atoms with Gasteiger partial charge in [-0.15, -0.1) is 0 Å². The van der Waals surface area contributed by atoms with E-state index in [1.54, 1.807) is 0 Å². The molecule has 0 aliphatic carbocycles. The molecule has 0 aromatic rings. The van der Waals surface area contributed by atoms with Gasteiger partial charge in [0.05, 0.1) is 26.4 Å². The monoisotopic (exact) mass is 1460 g/mol. The van der Waals surface area contributed by atoms with Gasteiger partial charge in [0.15, 0.2) is 12.2 Å². The number of allylic oxidation sites excluding steroid dienone is 10. The van der Waals surface area contributed by atoms with Crippen molar-refractivity contribution in [1.82, 2.24) is 0 Å². The van der Waals surface area contributed by atoms with Crippen LogP contribution in [0.2, 0.25) is 0 Å². The number of carbonyl (C=O) groups is 4. The van der Waals surface area contributed by atoms with E-state index >= 15 is 0 Å². The summed E-state index contributed by atoms with van der Waals surface area (Å²) in [6.07, 6.45) is 73.5. The van der Waals surface area contributed by atoms with Gasteiger partial charge in [0, 0.05) is 25.7 Å². The SMILES string of the molecule is CCCCC/C=C\C/C=C\C/C=C\C/C=C\C/C=C\CCC(=O)OC[C@H](COP(=O)(O)OC[C@@H](O)COP(=O)(O)OC[C@@H](COC(=O)CCCCCCCCCCCCCCCCC)OC(=O)CCCCCCCCCCCCCCC)OC(=O)CCCCCCCCCCCCCCC. The van der Waals surface area contributed by atoms with Gasteiger partial charge in [-0.1, -0.05) is 345 Å². The summed E-state index contributed by atoms with van der Waals surface area (Å²) in [6.45, 7) is 4.85. The van der Waals surface area contributed by atoms with Crippen molar-refractivity contribution in [3.63, 3.8) is 0 Å². The Morgan fingerprint density at radius 3 is 0.810 bits per heavy atom. The molecule has 2 unspecified atom stereocenters. The molecular weight excluding hydrogens is 1310 g/mol. The highest BCUT2D eigenvalue weighted by Crippen LogP contribution is 2.45. The Labute approximate surface area is 610 Å². The standard InChI is InChI=1S/C81H148O17P2/c1-5-9-13-17-21-25-29-33-35-36-37-38-40-44-46-50-54-58-62-66-79(84)92-72-77(98-81(86)68-64-60-56-52-48-42-32-28-24-20-16-12-8-4)74-96-100(89,90)94-70-75(82)69-93-99(87,88)95-73-76(97-80(85)67-63-59-55-51-47-41-31-27-23-19-15-11-7-3)71-91-78(83)65-61-57-53-49-45-43-39-34-30-26-22-18-14-10-6-2/h21,25,33,35,37-38,44,46,54,58,75-77,82H,5-20,22-24,26-32,34,36,39-43,45,47-53,55-57,59-74H2,1-4H3,(H,87,88)(H,89,90)/b25-21-,35-33-,38-37-,46-44-,58-54-/t75-,76+,77+/m0/s1. The molecule has 0 heterocycles. The fraction of sp³-hybridized carbons (Fsp3) is 0.827. The van der Waals surface area contributed by atoms with E-state index in [1.807, 2.05) is 12.2 Å². The van der Waals surface area contributed by atoms with Crippen molar-refractivity contribution in [3.8, 4) is 0 Å². The molecule has 0 saturated heterocycles. The molecule has 0 bridgehead atoms. The van der Waals surface area contributed by atoms with Crippen LogP contribution in [-0.4, -0.2) is 96.7 Å². The molecule has 3 N–H and O–H groups in total. The van der Waals surface area contributed by atoms with Crippen LogP contribution in [0.1, 0.15) is 374 Å². The molecule has 5 atom stereocenters. The molecule has 0 aromatic heterocycles. The number of ether oxygens (including phenoxy) is 4. The van der Waals surface area contributed by atoms with Crippen LogP contribution in [0.5, 0.6) is 0 Å². The molecule has 0 radical (unpaired) electrons. The highest BCUT2D eigenvalue weighted by Gasteiger charge is 2.30. The molecule has 0 aliphatic heterocycles. The van der Waals surface area contributed by atoms with Gasteiger partial charge in [0.25, 0.3) is 0 Å². The molecule has 0 aliphatic rings. The smallest absolute Gasteiger partial charge is 0.462 e. The molecule has 100 heavy (non-hydrogen) atoms. The van der Waals surface area contributed by atoms with Crippen LogP contribution in [0.15, 0.2) is 60.8 Å². The van der Waals surface area contributed by atoms with Crippen molar-refractivity contribution in [1.29, 1.82) is 0 Å². The van der Waals surface area contributed by atoms with Crippen LogP contribution in [0, 0.1) is 0 Å². The Kier molecular flexibility index (Phi) is 71.6. The van der Waals surface area contributed by atoms with E-state index in [9.17, 15) is 43.2 Å². The first kappa shape index (κ1) is 96.8. The van der Waals surface area contributed by atoms with Gasteiger partial charge >= 0.3 is 39.5 Å². The minimum absolute atomic E-state index is 0.0433. The highest BCUT2D eigenvalue weighted by molar-refractivity contribution is 7.47. The van der Waals surface area contributed by atoms with Gasteiger partial charge in [-0.05, 0) is 64.2 Å².